The number of carbonyl (C=O) groups is 1. The van der Waals surface area contributed by atoms with Gasteiger partial charge in [-0.15, -0.1) is 10.2 Å². The number of hydrogen-bond acceptors (Lipinski definition) is 5. The van der Waals surface area contributed by atoms with Crippen LogP contribution in [0.5, 0.6) is 0 Å². The van der Waals surface area contributed by atoms with Gasteiger partial charge in [-0.2, -0.15) is 0 Å². The van der Waals surface area contributed by atoms with Crippen molar-refractivity contribution in [1.29, 1.82) is 0 Å². The van der Waals surface area contributed by atoms with Gasteiger partial charge in [0.2, 0.25) is 0 Å². The molecule has 0 radical (unpaired) electrons. The van der Waals surface area contributed by atoms with Crippen molar-refractivity contribution in [2.45, 2.75) is 13.1 Å². The van der Waals surface area contributed by atoms with Crippen molar-refractivity contribution in [2.24, 2.45) is 4.99 Å². The quantitative estimate of drug-likeness (QED) is 0.522. The molecule has 8 nitrogen and oxygen atoms in total. The predicted molar refractivity (Wildman–Crippen MR) is 110 cm³/mol. The van der Waals surface area contributed by atoms with E-state index in [-0.39, 0.29) is 5.56 Å². The standard InChI is InChI=1S/C22H16FN5O3/c1-12-26-27-21-20(25-22(29)30)24-19(14-5-2-3-6-16(14)23)15-11-13(18-7-4-10-31-18)8-9-17(15)28(12)21/h2-11,20,25H,1H3,(H,29,30). The molecule has 9 heteroatoms. The lowest BCUT2D eigenvalue weighted by molar-refractivity contribution is 0.189. The minimum atomic E-state index is -1.28. The molecule has 1 aliphatic rings. The number of hydrogen-bond donors (Lipinski definition) is 2. The molecule has 3 heterocycles. The highest BCUT2D eigenvalue weighted by Gasteiger charge is 2.30. The van der Waals surface area contributed by atoms with Crippen LogP contribution >= 0.6 is 0 Å². The molecule has 2 N–H and O–H groups in total. The van der Waals surface area contributed by atoms with Crippen LogP contribution in [0.25, 0.3) is 17.0 Å². The van der Waals surface area contributed by atoms with E-state index in [4.69, 9.17) is 4.42 Å². The summed E-state index contributed by atoms with van der Waals surface area (Å²) in [6, 6.07) is 15.4. The van der Waals surface area contributed by atoms with Gasteiger partial charge in [0.1, 0.15) is 17.4 Å². The second-order valence-electron chi connectivity index (χ2n) is 6.96. The molecule has 31 heavy (non-hydrogen) atoms. The molecular formula is C22H16FN5O3. The minimum Gasteiger partial charge on any atom is -0.465 e. The molecular weight excluding hydrogens is 401 g/mol. The van der Waals surface area contributed by atoms with Crippen LogP contribution in [0.1, 0.15) is 28.9 Å². The van der Waals surface area contributed by atoms with Crippen LogP contribution in [-0.2, 0) is 0 Å². The van der Waals surface area contributed by atoms with Gasteiger partial charge in [0.15, 0.2) is 12.0 Å². The molecule has 0 fully saturated rings. The van der Waals surface area contributed by atoms with E-state index in [9.17, 15) is 14.3 Å². The maximum Gasteiger partial charge on any atom is 0.406 e. The molecule has 154 valence electrons. The second-order valence-corrected chi connectivity index (χ2v) is 6.96. The number of rotatable bonds is 3. The third-order valence-electron chi connectivity index (χ3n) is 5.04. The Balaban J connectivity index is 1.83. The molecule has 1 unspecified atom stereocenters. The van der Waals surface area contributed by atoms with E-state index in [1.54, 1.807) is 42.0 Å². The molecule has 2 aromatic carbocycles. The van der Waals surface area contributed by atoms with Crippen LogP contribution < -0.4 is 5.32 Å². The number of nitrogens with zero attached hydrogens (tertiary/aromatic N) is 4. The van der Waals surface area contributed by atoms with Gasteiger partial charge in [0, 0.05) is 16.7 Å². The van der Waals surface area contributed by atoms with Crippen LogP contribution in [0.2, 0.25) is 0 Å². The fourth-order valence-electron chi connectivity index (χ4n) is 3.71. The Morgan fingerprint density at radius 2 is 1.97 bits per heavy atom. The molecule has 0 spiro atoms. The molecule has 2 aromatic heterocycles. The van der Waals surface area contributed by atoms with Gasteiger partial charge in [-0.1, -0.05) is 12.1 Å². The first-order valence-corrected chi connectivity index (χ1v) is 9.45. The Labute approximate surface area is 175 Å². The van der Waals surface area contributed by atoms with E-state index in [0.29, 0.717) is 34.4 Å². The van der Waals surface area contributed by atoms with Crippen molar-refractivity contribution >= 4 is 11.8 Å². The van der Waals surface area contributed by atoms with Crippen molar-refractivity contribution in [2.75, 3.05) is 0 Å². The Morgan fingerprint density at radius 3 is 2.71 bits per heavy atom. The molecule has 1 amide bonds. The average molecular weight is 417 g/mol. The van der Waals surface area contributed by atoms with E-state index < -0.39 is 18.1 Å². The summed E-state index contributed by atoms with van der Waals surface area (Å²) in [4.78, 5) is 16.1. The van der Waals surface area contributed by atoms with E-state index >= 15 is 0 Å². The molecule has 0 saturated carbocycles. The highest BCUT2D eigenvalue weighted by Crippen LogP contribution is 2.33. The van der Waals surface area contributed by atoms with E-state index in [2.05, 4.69) is 20.5 Å². The van der Waals surface area contributed by atoms with E-state index in [0.717, 1.165) is 5.56 Å². The first-order chi connectivity index (χ1) is 15.0. The number of carboxylic acid groups (broad SMARTS) is 1. The average Bonchev–Trinajstić information content (AvgIpc) is 3.39. The molecule has 0 saturated heterocycles. The predicted octanol–water partition coefficient (Wildman–Crippen LogP) is 4.09. The molecule has 1 aliphatic heterocycles. The molecule has 0 aliphatic carbocycles. The number of aliphatic imine (C=N–C) groups is 1. The van der Waals surface area contributed by atoms with E-state index in [1.165, 1.54) is 6.07 Å². The third-order valence-corrected chi connectivity index (χ3v) is 5.04. The zero-order valence-corrected chi connectivity index (χ0v) is 16.3. The SMILES string of the molecule is Cc1nnc2n1-c1ccc(-c3ccco3)cc1C(c1ccccc1F)=NC2NC(=O)O. The summed E-state index contributed by atoms with van der Waals surface area (Å²) in [7, 11) is 0. The van der Waals surface area contributed by atoms with E-state index in [1.807, 2.05) is 24.3 Å². The van der Waals surface area contributed by atoms with Gasteiger partial charge in [-0.05, 0) is 49.4 Å². The fraction of sp³-hybridized carbons (Fsp3) is 0.0909. The summed E-state index contributed by atoms with van der Waals surface area (Å²) < 4.78 is 22.1. The second kappa shape index (κ2) is 7.21. The number of aromatic nitrogens is 3. The highest BCUT2D eigenvalue weighted by molar-refractivity contribution is 6.16. The topological polar surface area (TPSA) is 106 Å². The maximum absolute atomic E-state index is 14.8. The van der Waals surface area contributed by atoms with Crippen LogP contribution in [0.3, 0.4) is 0 Å². The zero-order valence-electron chi connectivity index (χ0n) is 16.3. The van der Waals surface area contributed by atoms with Crippen molar-refractivity contribution < 1.29 is 18.7 Å². The van der Waals surface area contributed by atoms with Gasteiger partial charge < -0.3 is 9.52 Å². The molecule has 0 bridgehead atoms. The molecule has 5 rings (SSSR count). The molecule has 4 aromatic rings. The van der Waals surface area contributed by atoms with Gasteiger partial charge >= 0.3 is 6.09 Å². The summed E-state index contributed by atoms with van der Waals surface area (Å²) in [6.45, 7) is 1.76. The maximum atomic E-state index is 14.8. The van der Waals surface area contributed by atoms with Gasteiger partial charge in [0.25, 0.3) is 0 Å². The summed E-state index contributed by atoms with van der Waals surface area (Å²) in [5, 5.41) is 20.0. The Bertz CT molecular complexity index is 1330. The van der Waals surface area contributed by atoms with Crippen molar-refractivity contribution in [3.63, 3.8) is 0 Å². The number of halogens is 1. The summed E-state index contributed by atoms with van der Waals surface area (Å²) in [6.07, 6.45) is -0.786. The van der Waals surface area contributed by atoms with Gasteiger partial charge in [0.05, 0.1) is 17.7 Å². The first-order valence-electron chi connectivity index (χ1n) is 9.45. The summed E-state index contributed by atoms with van der Waals surface area (Å²) in [5.74, 6) is 1.00. The lowest BCUT2D eigenvalue weighted by Crippen LogP contribution is -2.27. The lowest BCUT2D eigenvalue weighted by atomic mass is 9.97. The number of fused-ring (bicyclic) bond motifs is 3. The lowest BCUT2D eigenvalue weighted by Gasteiger charge is -2.14. The van der Waals surface area contributed by atoms with Crippen LogP contribution in [0, 0.1) is 12.7 Å². The Kier molecular flexibility index (Phi) is 4.36. The molecule has 1 atom stereocenters. The Hall–Kier alpha value is -4.27. The smallest absolute Gasteiger partial charge is 0.406 e. The normalized spacial score (nSPS) is 14.9. The van der Waals surface area contributed by atoms with Gasteiger partial charge in [-0.3, -0.25) is 14.9 Å². The minimum absolute atomic E-state index is 0.244. The Morgan fingerprint density at radius 1 is 1.13 bits per heavy atom. The van der Waals surface area contributed by atoms with Crippen molar-refractivity contribution in [3.8, 4) is 17.0 Å². The van der Waals surface area contributed by atoms with Crippen molar-refractivity contribution in [1.82, 2.24) is 20.1 Å². The van der Waals surface area contributed by atoms with Crippen LogP contribution in [0.15, 0.2) is 70.3 Å². The van der Waals surface area contributed by atoms with Crippen LogP contribution in [0.4, 0.5) is 9.18 Å². The van der Waals surface area contributed by atoms with Crippen LogP contribution in [-0.4, -0.2) is 31.7 Å². The van der Waals surface area contributed by atoms with Crippen molar-refractivity contribution in [3.05, 3.63) is 89.5 Å². The largest absolute Gasteiger partial charge is 0.465 e. The highest BCUT2D eigenvalue weighted by atomic mass is 19.1. The number of furan rings is 1. The number of aryl methyl sites for hydroxylation is 1. The summed E-state index contributed by atoms with van der Waals surface area (Å²) in [5.41, 5.74) is 2.56. The van der Waals surface area contributed by atoms with Gasteiger partial charge in [-0.25, -0.2) is 9.18 Å². The number of nitrogens with one attached hydrogen (secondary N) is 1. The summed E-state index contributed by atoms with van der Waals surface area (Å²) >= 11 is 0. The monoisotopic (exact) mass is 417 g/mol. The fourth-order valence-corrected chi connectivity index (χ4v) is 3.71. The zero-order chi connectivity index (χ0) is 21.5. The number of amides is 1. The number of benzene rings is 2. The first kappa shape index (κ1) is 18.7. The third kappa shape index (κ3) is 3.16.